The number of benzene rings is 1. The molecule has 6 heteroatoms. The second-order valence-corrected chi connectivity index (χ2v) is 6.92. The predicted octanol–water partition coefficient (Wildman–Crippen LogP) is 2.29. The molecule has 120 valence electrons. The van der Waals surface area contributed by atoms with E-state index in [2.05, 4.69) is 15.2 Å². The number of rotatable bonds is 2. The molecule has 3 heterocycles. The van der Waals surface area contributed by atoms with Gasteiger partial charge in [0.05, 0.1) is 28.7 Å². The summed E-state index contributed by atoms with van der Waals surface area (Å²) in [6.45, 7) is 1.59. The number of nitrogens with one attached hydrogen (secondary N) is 2. The molecule has 2 atom stereocenters. The first-order chi connectivity index (χ1) is 11.2. The van der Waals surface area contributed by atoms with Crippen LogP contribution < -0.4 is 10.6 Å². The molecule has 2 fully saturated rings. The van der Waals surface area contributed by atoms with Gasteiger partial charge in [0, 0.05) is 12.6 Å². The summed E-state index contributed by atoms with van der Waals surface area (Å²) in [6.07, 6.45) is 4.54. The fourth-order valence-electron chi connectivity index (χ4n) is 4.12. The zero-order chi connectivity index (χ0) is 15.6. The fourth-order valence-corrected chi connectivity index (χ4v) is 4.12. The zero-order valence-electron chi connectivity index (χ0n) is 12.8. The minimum atomic E-state index is -0.400. The SMILES string of the molecule is O=C1NC[C@@H](C2CC2)n2c([C@H]3CCCN3)nc3cc(F)cc1c32. The summed E-state index contributed by atoms with van der Waals surface area (Å²) in [4.78, 5) is 17.2. The normalized spacial score (nSPS) is 27.3. The summed E-state index contributed by atoms with van der Waals surface area (Å²) in [5.74, 6) is 0.967. The fraction of sp³-hybridized carbons (Fsp3) is 0.529. The Hall–Kier alpha value is -1.95. The van der Waals surface area contributed by atoms with Crippen LogP contribution in [0, 0.1) is 11.7 Å². The van der Waals surface area contributed by atoms with Crippen LogP contribution in [-0.4, -0.2) is 28.5 Å². The van der Waals surface area contributed by atoms with Crippen LogP contribution in [-0.2, 0) is 0 Å². The van der Waals surface area contributed by atoms with E-state index >= 15 is 0 Å². The van der Waals surface area contributed by atoms with E-state index in [4.69, 9.17) is 4.98 Å². The zero-order valence-corrected chi connectivity index (χ0v) is 12.8. The van der Waals surface area contributed by atoms with Crippen LogP contribution in [0.5, 0.6) is 0 Å². The molecule has 2 aromatic rings. The third kappa shape index (κ3) is 2.01. The molecule has 1 aromatic carbocycles. The van der Waals surface area contributed by atoms with Crippen LogP contribution in [0.1, 0.15) is 53.9 Å². The Morgan fingerprint density at radius 3 is 2.87 bits per heavy atom. The van der Waals surface area contributed by atoms with Crippen LogP contribution in [0.25, 0.3) is 11.0 Å². The highest BCUT2D eigenvalue weighted by Gasteiger charge is 2.39. The second-order valence-electron chi connectivity index (χ2n) is 6.92. The van der Waals surface area contributed by atoms with E-state index in [9.17, 15) is 9.18 Å². The van der Waals surface area contributed by atoms with Gasteiger partial charge in [-0.15, -0.1) is 0 Å². The molecule has 2 N–H and O–H groups in total. The number of carbonyl (C=O) groups excluding carboxylic acids is 1. The van der Waals surface area contributed by atoms with Crippen molar-refractivity contribution >= 4 is 16.9 Å². The van der Waals surface area contributed by atoms with Crippen molar-refractivity contribution < 1.29 is 9.18 Å². The number of hydrogen-bond donors (Lipinski definition) is 2. The van der Waals surface area contributed by atoms with Gasteiger partial charge < -0.3 is 15.2 Å². The Morgan fingerprint density at radius 2 is 2.13 bits per heavy atom. The molecular weight excluding hydrogens is 295 g/mol. The van der Waals surface area contributed by atoms with Crippen LogP contribution >= 0.6 is 0 Å². The van der Waals surface area contributed by atoms with Gasteiger partial charge in [0.1, 0.15) is 11.6 Å². The number of hydrogen-bond acceptors (Lipinski definition) is 3. The third-order valence-electron chi connectivity index (χ3n) is 5.36. The average Bonchev–Trinajstić information content (AvgIpc) is 3.12. The molecule has 0 unspecified atom stereocenters. The van der Waals surface area contributed by atoms with Gasteiger partial charge >= 0.3 is 0 Å². The van der Waals surface area contributed by atoms with Crippen molar-refractivity contribution in [2.24, 2.45) is 5.92 Å². The average molecular weight is 314 g/mol. The van der Waals surface area contributed by atoms with E-state index in [1.54, 1.807) is 0 Å². The van der Waals surface area contributed by atoms with Gasteiger partial charge in [-0.3, -0.25) is 4.79 Å². The van der Waals surface area contributed by atoms with Crippen molar-refractivity contribution in [3.05, 3.63) is 29.3 Å². The number of amides is 1. The predicted molar refractivity (Wildman–Crippen MR) is 83.8 cm³/mol. The highest BCUT2D eigenvalue weighted by Crippen LogP contribution is 2.44. The van der Waals surface area contributed by atoms with Gasteiger partial charge in [0.15, 0.2) is 0 Å². The van der Waals surface area contributed by atoms with Crippen molar-refractivity contribution in [3.63, 3.8) is 0 Å². The van der Waals surface area contributed by atoms with Gasteiger partial charge in [-0.1, -0.05) is 0 Å². The third-order valence-corrected chi connectivity index (χ3v) is 5.36. The minimum absolute atomic E-state index is 0.190. The molecule has 1 aromatic heterocycles. The Kier molecular flexibility index (Phi) is 2.80. The first kappa shape index (κ1) is 13.5. The molecule has 2 aliphatic heterocycles. The van der Waals surface area contributed by atoms with E-state index in [0.29, 0.717) is 23.5 Å². The quantitative estimate of drug-likeness (QED) is 0.894. The molecular formula is C17H19FN4O. The molecule has 5 rings (SSSR count). The standard InChI is InChI=1S/C17H19FN4O/c18-10-6-11-15-13(7-10)21-16(12-2-1-5-19-12)22(15)14(9-3-4-9)8-20-17(11)23/h6-7,9,12,14,19H,1-5,8H2,(H,20,23)/t12-,14+/m1/s1. The van der Waals surface area contributed by atoms with E-state index in [0.717, 1.165) is 30.7 Å². The lowest BCUT2D eigenvalue weighted by atomic mass is 10.1. The van der Waals surface area contributed by atoms with E-state index in [-0.39, 0.29) is 18.0 Å². The molecule has 0 spiro atoms. The first-order valence-corrected chi connectivity index (χ1v) is 8.45. The van der Waals surface area contributed by atoms with Crippen LogP contribution in [0.2, 0.25) is 0 Å². The maximum Gasteiger partial charge on any atom is 0.253 e. The molecule has 1 saturated heterocycles. The molecule has 1 saturated carbocycles. The summed E-state index contributed by atoms with van der Waals surface area (Å²) in [7, 11) is 0. The number of halogens is 1. The summed E-state index contributed by atoms with van der Waals surface area (Å²) >= 11 is 0. The highest BCUT2D eigenvalue weighted by atomic mass is 19.1. The van der Waals surface area contributed by atoms with Crippen LogP contribution in [0.3, 0.4) is 0 Å². The van der Waals surface area contributed by atoms with Crippen molar-refractivity contribution in [1.29, 1.82) is 0 Å². The monoisotopic (exact) mass is 314 g/mol. The largest absolute Gasteiger partial charge is 0.350 e. The summed E-state index contributed by atoms with van der Waals surface area (Å²) in [6, 6.07) is 3.23. The molecule has 3 aliphatic rings. The minimum Gasteiger partial charge on any atom is -0.350 e. The Balaban J connectivity index is 1.80. The number of aromatic nitrogens is 2. The van der Waals surface area contributed by atoms with Gasteiger partial charge in [0.25, 0.3) is 5.91 Å². The second kappa shape index (κ2) is 4.77. The van der Waals surface area contributed by atoms with Crippen LogP contribution in [0.4, 0.5) is 4.39 Å². The molecule has 1 amide bonds. The maximum atomic E-state index is 14.0. The van der Waals surface area contributed by atoms with Crippen LogP contribution in [0.15, 0.2) is 12.1 Å². The van der Waals surface area contributed by atoms with Crippen molar-refractivity contribution in [2.45, 2.75) is 37.8 Å². The lowest BCUT2D eigenvalue weighted by Crippen LogP contribution is -2.30. The van der Waals surface area contributed by atoms with E-state index in [1.165, 1.54) is 25.0 Å². The van der Waals surface area contributed by atoms with Gasteiger partial charge in [0.2, 0.25) is 0 Å². The summed E-state index contributed by atoms with van der Waals surface area (Å²) in [5, 5.41) is 6.48. The Labute approximate surface area is 133 Å². The first-order valence-electron chi connectivity index (χ1n) is 8.45. The van der Waals surface area contributed by atoms with Gasteiger partial charge in [-0.25, -0.2) is 9.37 Å². The Bertz CT molecular complexity index is 805. The molecule has 5 nitrogen and oxygen atoms in total. The smallest absolute Gasteiger partial charge is 0.253 e. The maximum absolute atomic E-state index is 14.0. The molecule has 0 radical (unpaired) electrons. The van der Waals surface area contributed by atoms with Crippen molar-refractivity contribution in [2.75, 3.05) is 13.1 Å². The van der Waals surface area contributed by atoms with E-state index in [1.807, 2.05) is 0 Å². The van der Waals surface area contributed by atoms with Crippen molar-refractivity contribution in [1.82, 2.24) is 20.2 Å². The molecule has 23 heavy (non-hydrogen) atoms. The lowest BCUT2D eigenvalue weighted by molar-refractivity contribution is 0.0951. The Morgan fingerprint density at radius 1 is 1.26 bits per heavy atom. The van der Waals surface area contributed by atoms with E-state index < -0.39 is 5.82 Å². The van der Waals surface area contributed by atoms with Crippen molar-refractivity contribution in [3.8, 4) is 0 Å². The molecule has 0 bridgehead atoms. The number of carbonyl (C=O) groups is 1. The van der Waals surface area contributed by atoms with Gasteiger partial charge in [-0.2, -0.15) is 0 Å². The number of nitrogens with zero attached hydrogens (tertiary/aromatic N) is 2. The lowest BCUT2D eigenvalue weighted by Gasteiger charge is -2.22. The molecule has 1 aliphatic carbocycles. The topological polar surface area (TPSA) is 59.0 Å². The summed E-state index contributed by atoms with van der Waals surface area (Å²) < 4.78 is 16.2. The summed E-state index contributed by atoms with van der Waals surface area (Å²) in [5.41, 5.74) is 1.83. The number of imidazole rings is 1. The van der Waals surface area contributed by atoms with Gasteiger partial charge in [-0.05, 0) is 44.2 Å². The highest BCUT2D eigenvalue weighted by molar-refractivity contribution is 6.05.